The van der Waals surface area contributed by atoms with E-state index < -0.39 is 5.97 Å². The topological polar surface area (TPSA) is 84.2 Å². The lowest BCUT2D eigenvalue weighted by Gasteiger charge is -1.99. The van der Waals surface area contributed by atoms with E-state index in [1.54, 1.807) is 17.4 Å². The number of aromatic nitrogens is 2. The number of aryl methyl sites for hydroxylation is 2. The number of rotatable bonds is 4. The van der Waals surface area contributed by atoms with E-state index in [2.05, 4.69) is 10.4 Å². The van der Waals surface area contributed by atoms with E-state index in [9.17, 15) is 9.59 Å². The number of carbonyl (C=O) groups is 2. The van der Waals surface area contributed by atoms with Gasteiger partial charge < -0.3 is 10.4 Å². The van der Waals surface area contributed by atoms with Gasteiger partial charge in [0.05, 0.1) is 4.88 Å². The number of aliphatic carboxylic acids is 1. The van der Waals surface area contributed by atoms with Crippen molar-refractivity contribution < 1.29 is 14.7 Å². The average Bonchev–Trinajstić information content (AvgIpc) is 3.00. The Labute approximate surface area is 131 Å². The molecule has 1 aliphatic rings. The van der Waals surface area contributed by atoms with Crippen molar-refractivity contribution >= 4 is 29.0 Å². The van der Waals surface area contributed by atoms with Crippen LogP contribution in [-0.2, 0) is 24.2 Å². The average molecular weight is 319 g/mol. The summed E-state index contributed by atoms with van der Waals surface area (Å²) in [5, 5.41) is 15.5. The molecule has 0 aliphatic heterocycles. The first kappa shape index (κ1) is 14.8. The molecule has 3 rings (SSSR count). The maximum absolute atomic E-state index is 12.3. The van der Waals surface area contributed by atoms with Gasteiger partial charge in [0.15, 0.2) is 5.82 Å². The molecule has 0 spiro atoms. The summed E-state index contributed by atoms with van der Waals surface area (Å²) in [5.74, 6) is -0.781. The molecule has 2 N–H and O–H groups in total. The van der Waals surface area contributed by atoms with Crippen molar-refractivity contribution in [2.45, 2.75) is 38.6 Å². The Morgan fingerprint density at radius 2 is 2.14 bits per heavy atom. The van der Waals surface area contributed by atoms with Crippen molar-refractivity contribution in [3.63, 3.8) is 0 Å². The lowest BCUT2D eigenvalue weighted by atomic mass is 10.1. The molecule has 7 heteroatoms. The highest BCUT2D eigenvalue weighted by Gasteiger charge is 2.17. The van der Waals surface area contributed by atoms with E-state index in [1.165, 1.54) is 40.6 Å². The number of hydrogen-bond acceptors (Lipinski definition) is 4. The largest absolute Gasteiger partial charge is 0.480 e. The summed E-state index contributed by atoms with van der Waals surface area (Å²) >= 11 is 1.55. The fourth-order valence-corrected chi connectivity index (χ4v) is 3.76. The van der Waals surface area contributed by atoms with Crippen LogP contribution in [0.15, 0.2) is 18.3 Å². The van der Waals surface area contributed by atoms with Crippen molar-refractivity contribution in [1.82, 2.24) is 9.78 Å². The molecule has 1 amide bonds. The van der Waals surface area contributed by atoms with Crippen LogP contribution in [0.4, 0.5) is 5.82 Å². The van der Waals surface area contributed by atoms with Crippen LogP contribution in [0.5, 0.6) is 0 Å². The first-order chi connectivity index (χ1) is 10.6. The molecule has 2 aromatic heterocycles. The van der Waals surface area contributed by atoms with Crippen LogP contribution in [-0.4, -0.2) is 26.8 Å². The predicted octanol–water partition coefficient (Wildman–Crippen LogP) is 2.55. The molecule has 0 aromatic carbocycles. The molecule has 2 heterocycles. The fraction of sp³-hybridized carbons (Fsp3) is 0.400. The number of nitrogens with one attached hydrogen (secondary N) is 1. The molecule has 2 aromatic rings. The number of carboxylic acids is 1. The molecular weight excluding hydrogens is 302 g/mol. The highest BCUT2D eigenvalue weighted by molar-refractivity contribution is 7.14. The van der Waals surface area contributed by atoms with Crippen LogP contribution in [0.2, 0.25) is 0 Å². The van der Waals surface area contributed by atoms with Crippen LogP contribution in [0.3, 0.4) is 0 Å². The smallest absolute Gasteiger partial charge is 0.325 e. The first-order valence-electron chi connectivity index (χ1n) is 7.30. The van der Waals surface area contributed by atoms with E-state index in [-0.39, 0.29) is 12.5 Å². The van der Waals surface area contributed by atoms with Crippen LogP contribution >= 0.6 is 11.3 Å². The third-order valence-corrected chi connectivity index (χ3v) is 4.89. The van der Waals surface area contributed by atoms with Gasteiger partial charge in [-0.1, -0.05) is 6.42 Å². The summed E-state index contributed by atoms with van der Waals surface area (Å²) in [4.78, 5) is 24.9. The normalized spacial score (nSPS) is 14.2. The van der Waals surface area contributed by atoms with Gasteiger partial charge >= 0.3 is 5.97 Å². The maximum atomic E-state index is 12.3. The minimum Gasteiger partial charge on any atom is -0.480 e. The Bertz CT molecular complexity index is 681. The van der Waals surface area contributed by atoms with Gasteiger partial charge in [-0.3, -0.25) is 14.3 Å². The van der Waals surface area contributed by atoms with E-state index >= 15 is 0 Å². The zero-order valence-electron chi connectivity index (χ0n) is 12.0. The van der Waals surface area contributed by atoms with Gasteiger partial charge in [-0.2, -0.15) is 5.10 Å². The van der Waals surface area contributed by atoms with Crippen LogP contribution < -0.4 is 5.32 Å². The summed E-state index contributed by atoms with van der Waals surface area (Å²) in [7, 11) is 0. The zero-order valence-corrected chi connectivity index (χ0v) is 12.9. The lowest BCUT2D eigenvalue weighted by molar-refractivity contribution is -0.137. The van der Waals surface area contributed by atoms with Crippen LogP contribution in [0, 0.1) is 0 Å². The number of carbonyl (C=O) groups excluding carboxylic acids is 1. The Morgan fingerprint density at radius 1 is 1.32 bits per heavy atom. The number of carboxylic acid groups (broad SMARTS) is 1. The highest BCUT2D eigenvalue weighted by atomic mass is 32.1. The van der Waals surface area contributed by atoms with Gasteiger partial charge in [0.1, 0.15) is 6.54 Å². The molecule has 0 atom stereocenters. The summed E-state index contributed by atoms with van der Waals surface area (Å²) in [6.07, 6.45) is 7.27. The van der Waals surface area contributed by atoms with Crippen molar-refractivity contribution in [1.29, 1.82) is 0 Å². The minimum atomic E-state index is -0.969. The molecule has 6 nitrogen and oxygen atoms in total. The molecule has 0 radical (unpaired) electrons. The van der Waals surface area contributed by atoms with Gasteiger partial charge in [0, 0.05) is 17.1 Å². The van der Waals surface area contributed by atoms with Gasteiger partial charge in [0.25, 0.3) is 5.91 Å². The standard InChI is InChI=1S/C15H17N3O3S/c19-14(20)9-18-7-6-13(17-18)16-15(21)12-8-10-4-2-1-3-5-11(10)22-12/h6-8H,1-5,9H2,(H,19,20)(H,16,17,21). The summed E-state index contributed by atoms with van der Waals surface area (Å²) < 4.78 is 1.28. The van der Waals surface area contributed by atoms with Crippen molar-refractivity contribution in [3.05, 3.63) is 33.6 Å². The lowest BCUT2D eigenvalue weighted by Crippen LogP contribution is -2.13. The quantitative estimate of drug-likeness (QED) is 0.848. The Balaban J connectivity index is 1.69. The second-order valence-corrected chi connectivity index (χ2v) is 6.50. The number of fused-ring (bicyclic) bond motifs is 1. The summed E-state index contributed by atoms with van der Waals surface area (Å²) in [5.41, 5.74) is 1.30. The van der Waals surface area contributed by atoms with E-state index in [1.807, 2.05) is 6.07 Å². The maximum Gasteiger partial charge on any atom is 0.325 e. The monoisotopic (exact) mass is 319 g/mol. The Hall–Kier alpha value is -2.15. The molecule has 116 valence electrons. The van der Waals surface area contributed by atoms with E-state index in [4.69, 9.17) is 5.11 Å². The highest BCUT2D eigenvalue weighted by Crippen LogP contribution is 2.29. The molecule has 0 saturated carbocycles. The fourth-order valence-electron chi connectivity index (χ4n) is 2.61. The van der Waals surface area contributed by atoms with Gasteiger partial charge in [0.2, 0.25) is 0 Å². The second kappa shape index (κ2) is 6.31. The third-order valence-electron chi connectivity index (χ3n) is 3.65. The Kier molecular flexibility index (Phi) is 4.24. The number of nitrogens with zero attached hydrogens (tertiary/aromatic N) is 2. The molecule has 0 saturated heterocycles. The SMILES string of the molecule is O=C(O)Cn1ccc(NC(=O)c2cc3c(s2)CCCCC3)n1. The van der Waals surface area contributed by atoms with Gasteiger partial charge in [-0.05, 0) is 37.3 Å². The van der Waals surface area contributed by atoms with E-state index in [0.29, 0.717) is 10.7 Å². The van der Waals surface area contributed by atoms with Crippen molar-refractivity contribution in [2.24, 2.45) is 0 Å². The number of anilines is 1. The van der Waals surface area contributed by atoms with Gasteiger partial charge in [-0.25, -0.2) is 0 Å². The van der Waals surface area contributed by atoms with Crippen LogP contribution in [0.25, 0.3) is 0 Å². The van der Waals surface area contributed by atoms with Crippen molar-refractivity contribution in [3.8, 4) is 0 Å². The zero-order chi connectivity index (χ0) is 15.5. The van der Waals surface area contributed by atoms with E-state index in [0.717, 1.165) is 12.8 Å². The molecule has 22 heavy (non-hydrogen) atoms. The number of amides is 1. The first-order valence-corrected chi connectivity index (χ1v) is 8.11. The molecule has 1 aliphatic carbocycles. The predicted molar refractivity (Wildman–Crippen MR) is 83.4 cm³/mol. The summed E-state index contributed by atoms with van der Waals surface area (Å²) in [6, 6.07) is 3.58. The molecular formula is C15H17N3O3S. The molecule has 0 fully saturated rings. The summed E-state index contributed by atoms with van der Waals surface area (Å²) in [6.45, 7) is -0.219. The van der Waals surface area contributed by atoms with Gasteiger partial charge in [-0.15, -0.1) is 11.3 Å². The number of hydrogen-bond donors (Lipinski definition) is 2. The van der Waals surface area contributed by atoms with Crippen LogP contribution in [0.1, 0.15) is 39.4 Å². The second-order valence-electron chi connectivity index (χ2n) is 5.37. The minimum absolute atomic E-state index is 0.182. The Morgan fingerprint density at radius 3 is 2.95 bits per heavy atom. The third kappa shape index (κ3) is 3.36. The molecule has 0 unspecified atom stereocenters. The van der Waals surface area contributed by atoms with Crippen molar-refractivity contribution in [2.75, 3.05) is 5.32 Å². The number of thiophene rings is 1. The molecule has 0 bridgehead atoms.